The second kappa shape index (κ2) is 8.99. The quantitative estimate of drug-likeness (QED) is 0.383. The smallest absolute Gasteiger partial charge is 0.346 e. The van der Waals surface area contributed by atoms with E-state index in [0.29, 0.717) is 34.3 Å². The maximum atomic E-state index is 12.9. The molecule has 4 aromatic rings. The van der Waals surface area contributed by atoms with Gasteiger partial charge in [0.2, 0.25) is 0 Å². The van der Waals surface area contributed by atoms with Crippen molar-refractivity contribution in [3.63, 3.8) is 0 Å². The highest BCUT2D eigenvalue weighted by Crippen LogP contribution is 2.34. The summed E-state index contributed by atoms with van der Waals surface area (Å²) in [4.78, 5) is 19.9. The standard InChI is InChI=1S/C24H24N2O3S.ClH/c1-2-16-7-5-6-12-26(16)14-18-20(27)11-10-15-13-17(24(28)29-22(15)18)23-25-19-8-3-4-9-21(19)30-23;/h3-4,8-11,13,16,27H,2,5-7,12,14H2,1H3;1H. The Bertz CT molecular complexity index is 1250. The van der Waals surface area contributed by atoms with Crippen LogP contribution >= 0.6 is 23.7 Å². The van der Waals surface area contributed by atoms with Gasteiger partial charge in [0.1, 0.15) is 16.3 Å². The molecule has 0 saturated carbocycles. The van der Waals surface area contributed by atoms with E-state index in [2.05, 4.69) is 16.8 Å². The predicted octanol–water partition coefficient (Wildman–Crippen LogP) is 5.96. The summed E-state index contributed by atoms with van der Waals surface area (Å²) in [7, 11) is 0. The van der Waals surface area contributed by atoms with Crippen molar-refractivity contribution in [3.05, 3.63) is 58.4 Å². The maximum Gasteiger partial charge on any atom is 0.346 e. The molecule has 1 aliphatic heterocycles. The van der Waals surface area contributed by atoms with Crippen molar-refractivity contribution < 1.29 is 9.52 Å². The molecule has 0 spiro atoms. The summed E-state index contributed by atoms with van der Waals surface area (Å²) in [6, 6.07) is 13.7. The van der Waals surface area contributed by atoms with Crippen LogP contribution in [0.3, 0.4) is 0 Å². The normalized spacial score (nSPS) is 17.1. The topological polar surface area (TPSA) is 66.6 Å². The van der Waals surface area contributed by atoms with E-state index in [-0.39, 0.29) is 18.2 Å². The fraction of sp³-hybridized carbons (Fsp3) is 0.333. The number of piperidine rings is 1. The Kier molecular flexibility index (Phi) is 6.32. The van der Waals surface area contributed by atoms with E-state index in [4.69, 9.17) is 4.42 Å². The molecule has 162 valence electrons. The number of nitrogens with zero attached hydrogens (tertiary/aromatic N) is 2. The third kappa shape index (κ3) is 4.07. The minimum Gasteiger partial charge on any atom is -0.507 e. The number of aromatic hydroxyl groups is 1. The van der Waals surface area contributed by atoms with Crippen molar-refractivity contribution in [1.29, 1.82) is 0 Å². The van der Waals surface area contributed by atoms with Crippen molar-refractivity contribution in [2.75, 3.05) is 6.54 Å². The maximum absolute atomic E-state index is 12.9. The van der Waals surface area contributed by atoms with Crippen LogP contribution in [0.15, 0.2) is 51.7 Å². The van der Waals surface area contributed by atoms with Gasteiger partial charge in [0.25, 0.3) is 0 Å². The Morgan fingerprint density at radius 2 is 2.06 bits per heavy atom. The third-order valence-electron chi connectivity index (χ3n) is 6.09. The summed E-state index contributed by atoms with van der Waals surface area (Å²) < 4.78 is 6.83. The Morgan fingerprint density at radius 1 is 1.23 bits per heavy atom. The van der Waals surface area contributed by atoms with Gasteiger partial charge in [-0.15, -0.1) is 23.7 Å². The Morgan fingerprint density at radius 3 is 2.87 bits per heavy atom. The molecule has 1 aliphatic rings. The van der Waals surface area contributed by atoms with Gasteiger partial charge in [-0.05, 0) is 56.1 Å². The molecule has 1 fully saturated rings. The van der Waals surface area contributed by atoms with Crippen molar-refractivity contribution in [1.82, 2.24) is 9.88 Å². The first kappa shape index (κ1) is 21.8. The van der Waals surface area contributed by atoms with Crippen molar-refractivity contribution in [2.45, 2.75) is 45.2 Å². The largest absolute Gasteiger partial charge is 0.507 e. The molecule has 5 rings (SSSR count). The number of phenolic OH excluding ortho intramolecular Hbond substituents is 1. The summed E-state index contributed by atoms with van der Waals surface area (Å²) in [5.74, 6) is 0.179. The number of hydrogen-bond donors (Lipinski definition) is 1. The number of rotatable bonds is 4. The van der Waals surface area contributed by atoms with E-state index in [0.717, 1.165) is 35.0 Å². The number of halogens is 1. The fourth-order valence-electron chi connectivity index (χ4n) is 4.45. The molecular weight excluding hydrogens is 432 g/mol. The SMILES string of the molecule is CCC1CCCCN1Cc1c(O)ccc2cc(-c3nc4ccccc4s3)c(=O)oc12.Cl. The van der Waals surface area contributed by atoms with Gasteiger partial charge < -0.3 is 9.52 Å². The van der Waals surface area contributed by atoms with E-state index in [1.807, 2.05) is 30.3 Å². The van der Waals surface area contributed by atoms with Crippen LogP contribution in [0.25, 0.3) is 31.8 Å². The summed E-state index contributed by atoms with van der Waals surface area (Å²) >= 11 is 1.48. The zero-order valence-electron chi connectivity index (χ0n) is 17.3. The van der Waals surface area contributed by atoms with Crippen LogP contribution in [-0.2, 0) is 6.54 Å². The predicted molar refractivity (Wildman–Crippen MR) is 128 cm³/mol. The minimum atomic E-state index is -0.418. The highest BCUT2D eigenvalue weighted by atomic mass is 35.5. The third-order valence-corrected chi connectivity index (χ3v) is 7.16. The number of fused-ring (bicyclic) bond motifs is 2. The van der Waals surface area contributed by atoms with Crippen LogP contribution in [0.5, 0.6) is 5.75 Å². The Labute approximate surface area is 190 Å². The van der Waals surface area contributed by atoms with E-state index >= 15 is 0 Å². The molecule has 1 saturated heterocycles. The Balaban J connectivity index is 0.00000231. The number of phenols is 1. The fourth-order valence-corrected chi connectivity index (χ4v) is 5.42. The molecule has 1 atom stereocenters. The number of benzene rings is 2. The van der Waals surface area contributed by atoms with Crippen molar-refractivity contribution >= 4 is 44.9 Å². The van der Waals surface area contributed by atoms with Crippen LogP contribution in [0.1, 0.15) is 38.2 Å². The molecule has 0 bridgehead atoms. The van der Waals surface area contributed by atoms with Crippen LogP contribution in [0, 0.1) is 0 Å². The number of para-hydroxylation sites is 1. The average Bonchev–Trinajstić information content (AvgIpc) is 3.20. The molecule has 2 aromatic heterocycles. The number of thiazole rings is 1. The lowest BCUT2D eigenvalue weighted by Crippen LogP contribution is -2.38. The van der Waals surface area contributed by atoms with Crippen LogP contribution in [0.2, 0.25) is 0 Å². The van der Waals surface area contributed by atoms with Crippen LogP contribution in [0.4, 0.5) is 0 Å². The highest BCUT2D eigenvalue weighted by molar-refractivity contribution is 7.21. The van der Waals surface area contributed by atoms with Crippen LogP contribution in [-0.4, -0.2) is 27.6 Å². The number of hydrogen-bond acceptors (Lipinski definition) is 6. The lowest BCUT2D eigenvalue weighted by molar-refractivity contribution is 0.135. The molecule has 3 heterocycles. The first-order valence-corrected chi connectivity index (χ1v) is 11.3. The minimum absolute atomic E-state index is 0. The van der Waals surface area contributed by atoms with E-state index in [9.17, 15) is 9.90 Å². The zero-order chi connectivity index (χ0) is 20.7. The van der Waals surface area contributed by atoms with Gasteiger partial charge >= 0.3 is 5.63 Å². The first-order chi connectivity index (χ1) is 14.6. The van der Waals surface area contributed by atoms with Gasteiger partial charge in [0.05, 0.1) is 21.3 Å². The van der Waals surface area contributed by atoms with Crippen molar-refractivity contribution in [3.8, 4) is 16.3 Å². The molecule has 1 N–H and O–H groups in total. The molecule has 7 heteroatoms. The molecule has 0 aliphatic carbocycles. The molecule has 0 radical (unpaired) electrons. The molecule has 1 unspecified atom stereocenters. The molecule has 31 heavy (non-hydrogen) atoms. The van der Waals surface area contributed by atoms with Gasteiger partial charge in [-0.2, -0.15) is 0 Å². The van der Waals surface area contributed by atoms with E-state index in [1.54, 1.807) is 12.1 Å². The van der Waals surface area contributed by atoms with E-state index < -0.39 is 5.63 Å². The van der Waals surface area contributed by atoms with Crippen molar-refractivity contribution in [2.24, 2.45) is 0 Å². The summed E-state index contributed by atoms with van der Waals surface area (Å²) in [6.07, 6.45) is 4.66. The molecule has 0 amide bonds. The van der Waals surface area contributed by atoms with E-state index in [1.165, 1.54) is 24.2 Å². The highest BCUT2D eigenvalue weighted by Gasteiger charge is 2.24. The Hall–Kier alpha value is -2.41. The van der Waals surface area contributed by atoms with Gasteiger partial charge in [0, 0.05) is 18.0 Å². The average molecular weight is 457 g/mol. The second-order valence-corrected chi connectivity index (χ2v) is 8.97. The molecular formula is C24H25ClN2O3S. The van der Waals surface area contributed by atoms with Gasteiger partial charge in [0.15, 0.2) is 0 Å². The first-order valence-electron chi connectivity index (χ1n) is 10.5. The zero-order valence-corrected chi connectivity index (χ0v) is 19.0. The molecule has 2 aromatic carbocycles. The lowest BCUT2D eigenvalue weighted by Gasteiger charge is -2.35. The number of likely N-dealkylation sites (tertiary alicyclic amines) is 1. The lowest BCUT2D eigenvalue weighted by atomic mass is 9.98. The summed E-state index contributed by atoms with van der Waals surface area (Å²) in [5, 5.41) is 12.0. The van der Waals surface area contributed by atoms with Gasteiger partial charge in [-0.3, -0.25) is 4.90 Å². The van der Waals surface area contributed by atoms with Gasteiger partial charge in [-0.1, -0.05) is 25.5 Å². The summed E-state index contributed by atoms with van der Waals surface area (Å²) in [6.45, 7) is 3.80. The van der Waals surface area contributed by atoms with Crippen LogP contribution < -0.4 is 5.63 Å². The second-order valence-electron chi connectivity index (χ2n) is 7.94. The molecule has 5 nitrogen and oxygen atoms in total. The van der Waals surface area contributed by atoms with Gasteiger partial charge in [-0.25, -0.2) is 9.78 Å². The summed E-state index contributed by atoms with van der Waals surface area (Å²) in [5.41, 5.74) is 2.09. The monoisotopic (exact) mass is 456 g/mol. The number of aromatic nitrogens is 1.